The molecule has 2 aromatic rings. The first-order valence-corrected chi connectivity index (χ1v) is 12.8. The second-order valence-electron chi connectivity index (χ2n) is 9.06. The van der Waals surface area contributed by atoms with Gasteiger partial charge in [-0.15, -0.1) is 22.9 Å². The Bertz CT molecular complexity index is 1110. The van der Waals surface area contributed by atoms with E-state index >= 15 is 0 Å². The lowest BCUT2D eigenvalue weighted by atomic mass is 9.83. The van der Waals surface area contributed by atoms with Gasteiger partial charge >= 0.3 is 0 Å². The second-order valence-corrected chi connectivity index (χ2v) is 10.7. The second kappa shape index (κ2) is 9.71. The van der Waals surface area contributed by atoms with Crippen LogP contribution in [0.25, 0.3) is 10.4 Å². The highest BCUT2D eigenvalue weighted by Crippen LogP contribution is 2.34. The van der Waals surface area contributed by atoms with Crippen LogP contribution in [0.3, 0.4) is 0 Å². The molecule has 0 spiro atoms. The Morgan fingerprint density at radius 1 is 1.24 bits per heavy atom. The summed E-state index contributed by atoms with van der Waals surface area (Å²) in [5.74, 6) is -1.31. The third kappa shape index (κ3) is 4.36. The first kappa shape index (κ1) is 23.4. The van der Waals surface area contributed by atoms with Crippen molar-refractivity contribution in [3.63, 3.8) is 0 Å². The molecular weight excluding hydrogens is 481 g/mol. The van der Waals surface area contributed by atoms with Gasteiger partial charge < -0.3 is 15.0 Å². The van der Waals surface area contributed by atoms with Gasteiger partial charge in [-0.3, -0.25) is 19.4 Å². The summed E-state index contributed by atoms with van der Waals surface area (Å²) >= 11 is 7.55. The monoisotopic (exact) mass is 505 g/mol. The Kier molecular flexibility index (Phi) is 6.68. The van der Waals surface area contributed by atoms with Crippen LogP contribution in [-0.4, -0.2) is 64.2 Å². The van der Waals surface area contributed by atoms with Crippen LogP contribution in [0.15, 0.2) is 30.6 Å². The molecule has 180 valence electrons. The van der Waals surface area contributed by atoms with Crippen LogP contribution in [-0.2, 0) is 14.3 Å². The van der Waals surface area contributed by atoms with Gasteiger partial charge in [0.25, 0.3) is 5.91 Å². The lowest BCUT2D eigenvalue weighted by Gasteiger charge is -2.34. The van der Waals surface area contributed by atoms with E-state index in [9.17, 15) is 18.8 Å². The van der Waals surface area contributed by atoms with E-state index in [-0.39, 0.29) is 36.7 Å². The van der Waals surface area contributed by atoms with E-state index in [1.54, 1.807) is 18.2 Å². The molecule has 5 rings (SSSR count). The van der Waals surface area contributed by atoms with Crippen molar-refractivity contribution in [2.75, 3.05) is 13.2 Å². The number of nitrogens with one attached hydrogen (secondary N) is 1. The quantitative estimate of drug-likeness (QED) is 0.629. The summed E-state index contributed by atoms with van der Waals surface area (Å²) in [6.07, 6.45) is 6.85. The molecular formula is C24H25ClFN3O4S. The van der Waals surface area contributed by atoms with Gasteiger partial charge in [-0.2, -0.15) is 0 Å². The van der Waals surface area contributed by atoms with Crippen molar-refractivity contribution in [1.82, 2.24) is 15.2 Å². The van der Waals surface area contributed by atoms with Gasteiger partial charge in [0.05, 0.1) is 16.5 Å². The number of hydrogen-bond acceptors (Lipinski definition) is 6. The Hall–Kier alpha value is -2.36. The van der Waals surface area contributed by atoms with Gasteiger partial charge in [0, 0.05) is 23.2 Å². The molecule has 2 amide bonds. The first-order chi connectivity index (χ1) is 16.4. The minimum Gasteiger partial charge on any atom is -0.366 e. The largest absolute Gasteiger partial charge is 0.366 e. The highest BCUT2D eigenvalue weighted by molar-refractivity contribution is 7.17. The van der Waals surface area contributed by atoms with E-state index in [4.69, 9.17) is 16.3 Å². The number of alkyl halides is 1. The SMILES string of the molecule is O=C(N[C@H](C(=O)N1C[C@H](Cl)[C@H]2OCC(=O)[C@H]21)C1CCCCC1)c1ccc(-c2ccncc2F)s1. The highest BCUT2D eigenvalue weighted by Gasteiger charge is 2.53. The molecule has 10 heteroatoms. The smallest absolute Gasteiger partial charge is 0.262 e. The van der Waals surface area contributed by atoms with Crippen molar-refractivity contribution in [2.45, 2.75) is 55.7 Å². The third-order valence-corrected chi connectivity index (χ3v) is 8.45. The van der Waals surface area contributed by atoms with E-state index in [0.717, 1.165) is 49.6 Å². The number of Topliss-reactive ketones (excluding diaryl/α,β-unsaturated/α-hetero) is 1. The molecule has 0 bridgehead atoms. The van der Waals surface area contributed by atoms with Gasteiger partial charge in [0.2, 0.25) is 5.91 Å². The average molecular weight is 506 g/mol. The summed E-state index contributed by atoms with van der Waals surface area (Å²) in [5, 5.41) is 2.49. The van der Waals surface area contributed by atoms with Gasteiger partial charge in [0.15, 0.2) is 5.78 Å². The fourth-order valence-electron chi connectivity index (χ4n) is 5.24. The van der Waals surface area contributed by atoms with Crippen LogP contribution < -0.4 is 5.32 Å². The summed E-state index contributed by atoms with van der Waals surface area (Å²) in [4.78, 5) is 45.6. The summed E-state index contributed by atoms with van der Waals surface area (Å²) in [6.45, 7) is 0.164. The molecule has 0 unspecified atom stereocenters. The Morgan fingerprint density at radius 2 is 2.03 bits per heavy atom. The maximum Gasteiger partial charge on any atom is 0.262 e. The number of ether oxygens (including phenoxy) is 1. The first-order valence-electron chi connectivity index (χ1n) is 11.5. The number of thiophene rings is 1. The lowest BCUT2D eigenvalue weighted by molar-refractivity contribution is -0.139. The summed E-state index contributed by atoms with van der Waals surface area (Å²) < 4.78 is 19.6. The van der Waals surface area contributed by atoms with Crippen LogP contribution >= 0.6 is 22.9 Å². The molecule has 4 heterocycles. The molecule has 3 aliphatic rings. The van der Waals surface area contributed by atoms with Gasteiger partial charge in [-0.25, -0.2) is 4.39 Å². The lowest BCUT2D eigenvalue weighted by Crippen LogP contribution is -2.55. The number of pyridine rings is 1. The van der Waals surface area contributed by atoms with Crippen LogP contribution in [0.5, 0.6) is 0 Å². The maximum absolute atomic E-state index is 14.1. The number of carbonyl (C=O) groups excluding carboxylic acids is 3. The number of rotatable bonds is 5. The van der Waals surface area contributed by atoms with Gasteiger partial charge in [0.1, 0.15) is 30.6 Å². The average Bonchev–Trinajstić information content (AvgIpc) is 3.56. The number of likely N-dealkylation sites (tertiary alicyclic amines) is 1. The van der Waals surface area contributed by atoms with Crippen LogP contribution in [0.1, 0.15) is 41.8 Å². The van der Waals surface area contributed by atoms with E-state index in [1.807, 2.05) is 0 Å². The van der Waals surface area contributed by atoms with Crippen molar-refractivity contribution in [3.05, 3.63) is 41.3 Å². The zero-order chi connectivity index (χ0) is 23.8. The minimum atomic E-state index is -0.757. The fraction of sp³-hybridized carbons (Fsp3) is 0.500. The molecule has 1 aliphatic carbocycles. The van der Waals surface area contributed by atoms with Crippen molar-refractivity contribution in [3.8, 4) is 10.4 Å². The predicted octanol–water partition coefficient (Wildman–Crippen LogP) is 3.41. The maximum atomic E-state index is 14.1. The number of ketones is 1. The number of halogens is 2. The van der Waals surface area contributed by atoms with Crippen molar-refractivity contribution >= 4 is 40.5 Å². The van der Waals surface area contributed by atoms with E-state index < -0.39 is 29.4 Å². The molecule has 4 atom stereocenters. The number of aromatic nitrogens is 1. The predicted molar refractivity (Wildman–Crippen MR) is 125 cm³/mol. The summed E-state index contributed by atoms with van der Waals surface area (Å²) in [6, 6.07) is 3.43. The Labute approximate surface area is 205 Å². The number of nitrogens with zero attached hydrogens (tertiary/aromatic N) is 2. The van der Waals surface area contributed by atoms with Crippen LogP contribution in [0, 0.1) is 11.7 Å². The highest BCUT2D eigenvalue weighted by atomic mass is 35.5. The number of hydrogen-bond donors (Lipinski definition) is 1. The molecule has 2 saturated heterocycles. The molecule has 1 saturated carbocycles. The zero-order valence-corrected chi connectivity index (χ0v) is 20.0. The van der Waals surface area contributed by atoms with E-state index in [0.29, 0.717) is 15.3 Å². The minimum absolute atomic E-state index is 0.0208. The molecule has 34 heavy (non-hydrogen) atoms. The van der Waals surface area contributed by atoms with Crippen molar-refractivity contribution in [1.29, 1.82) is 0 Å². The van der Waals surface area contributed by atoms with Crippen molar-refractivity contribution < 1.29 is 23.5 Å². The van der Waals surface area contributed by atoms with Gasteiger partial charge in [-0.1, -0.05) is 19.3 Å². The standard InChI is InChI=1S/C24H25ClFN3O4S/c25-15-11-29(21-17(30)12-33-22(15)21)24(32)20(13-4-2-1-3-5-13)28-23(31)19-7-6-18(34-19)14-8-9-27-10-16(14)26/h6-10,13,15,20-22H,1-5,11-12H2,(H,28,31)/t15-,20-,21+,22+/m0/s1. The zero-order valence-electron chi connectivity index (χ0n) is 18.4. The Morgan fingerprint density at radius 3 is 2.79 bits per heavy atom. The summed E-state index contributed by atoms with van der Waals surface area (Å²) in [7, 11) is 0. The normalized spacial score (nSPS) is 25.9. The molecule has 1 N–H and O–H groups in total. The third-order valence-electron chi connectivity index (χ3n) is 6.95. The number of amides is 2. The van der Waals surface area contributed by atoms with Crippen LogP contribution in [0.2, 0.25) is 0 Å². The fourth-order valence-corrected chi connectivity index (χ4v) is 6.54. The Balaban J connectivity index is 1.38. The van der Waals surface area contributed by atoms with Crippen molar-refractivity contribution in [2.24, 2.45) is 5.92 Å². The van der Waals surface area contributed by atoms with Gasteiger partial charge in [-0.05, 0) is 37.0 Å². The molecule has 2 aromatic heterocycles. The van der Waals surface area contributed by atoms with E-state index in [2.05, 4.69) is 10.3 Å². The number of carbonyl (C=O) groups is 3. The topological polar surface area (TPSA) is 88.6 Å². The number of fused-ring (bicyclic) bond motifs is 1. The molecule has 0 aromatic carbocycles. The molecule has 2 aliphatic heterocycles. The van der Waals surface area contributed by atoms with E-state index in [1.165, 1.54) is 11.1 Å². The molecule has 0 radical (unpaired) electrons. The van der Waals surface area contributed by atoms with Crippen LogP contribution in [0.4, 0.5) is 4.39 Å². The molecule has 3 fully saturated rings. The molecule has 7 nitrogen and oxygen atoms in total. The summed E-state index contributed by atoms with van der Waals surface area (Å²) in [5.41, 5.74) is 0.370.